The lowest BCUT2D eigenvalue weighted by atomic mass is 10.1. The molecule has 1 aliphatic heterocycles. The second-order valence-electron chi connectivity index (χ2n) is 6.61. The molecular formula is C19H26N4O2S. The monoisotopic (exact) mass is 374 g/mol. The molecule has 2 aromatic rings. The van der Waals surface area contributed by atoms with Crippen LogP contribution in [0.4, 0.5) is 5.82 Å². The van der Waals surface area contributed by atoms with Gasteiger partial charge in [-0.25, -0.2) is 4.98 Å². The van der Waals surface area contributed by atoms with Gasteiger partial charge in [0.2, 0.25) is 5.91 Å². The molecule has 0 unspecified atom stereocenters. The third-order valence-electron chi connectivity index (χ3n) is 4.56. The highest BCUT2D eigenvalue weighted by atomic mass is 32.1. The Morgan fingerprint density at radius 3 is 3.04 bits per heavy atom. The van der Waals surface area contributed by atoms with Gasteiger partial charge in [-0.05, 0) is 50.0 Å². The summed E-state index contributed by atoms with van der Waals surface area (Å²) in [6, 6.07) is 7.98. The predicted octanol–water partition coefficient (Wildman–Crippen LogP) is 3.56. The topological polar surface area (TPSA) is 79.0 Å². The number of hydrogen-bond donors (Lipinski definition) is 3. The van der Waals surface area contributed by atoms with Crippen LogP contribution < -0.4 is 10.6 Å². The van der Waals surface area contributed by atoms with Gasteiger partial charge in [-0.15, -0.1) is 0 Å². The zero-order valence-corrected chi connectivity index (χ0v) is 15.7. The van der Waals surface area contributed by atoms with Gasteiger partial charge in [-0.2, -0.15) is 0 Å². The summed E-state index contributed by atoms with van der Waals surface area (Å²) in [7, 11) is 0. The maximum atomic E-state index is 11.8. The van der Waals surface area contributed by atoms with E-state index in [1.165, 1.54) is 0 Å². The summed E-state index contributed by atoms with van der Waals surface area (Å²) in [5, 5.41) is 7.36. The summed E-state index contributed by atoms with van der Waals surface area (Å²) in [6.07, 6.45) is 5.82. The number of unbranched alkanes of at least 4 members (excludes halogenated alkanes) is 2. The summed E-state index contributed by atoms with van der Waals surface area (Å²) >= 11 is 5.18. The van der Waals surface area contributed by atoms with Crippen molar-refractivity contribution >= 4 is 34.8 Å². The second-order valence-corrected chi connectivity index (χ2v) is 7.00. The molecule has 1 amide bonds. The van der Waals surface area contributed by atoms with Crippen molar-refractivity contribution in [2.75, 3.05) is 25.0 Å². The maximum absolute atomic E-state index is 11.8. The fourth-order valence-electron chi connectivity index (χ4n) is 3.15. The molecule has 26 heavy (non-hydrogen) atoms. The summed E-state index contributed by atoms with van der Waals surface area (Å²) in [4.78, 5) is 19.3. The van der Waals surface area contributed by atoms with Crippen LogP contribution in [0.3, 0.4) is 0 Å². The molecule has 1 aromatic heterocycles. The van der Waals surface area contributed by atoms with Crippen LogP contribution in [0.1, 0.15) is 38.5 Å². The standard InChI is InChI=1S/C19H26N4O2S/c24-17(21-13-14-7-6-12-25-14)10-2-1-5-11-20-18-15-8-3-4-9-16(15)22-19(26)23-18/h3-4,8-9,14H,1-2,5-7,10-13H2,(H,21,24)(H2,20,22,23,26)/t14-/m1/s1. The number of fused-ring (bicyclic) bond motifs is 1. The van der Waals surface area contributed by atoms with Crippen LogP contribution in [0, 0.1) is 4.77 Å². The van der Waals surface area contributed by atoms with E-state index in [4.69, 9.17) is 17.0 Å². The Hall–Kier alpha value is -1.99. The summed E-state index contributed by atoms with van der Waals surface area (Å²) in [5.41, 5.74) is 0.984. The minimum atomic E-state index is 0.121. The molecule has 0 bridgehead atoms. The quantitative estimate of drug-likeness (QED) is 0.462. The number of carbonyl (C=O) groups excluding carboxylic acids is 1. The van der Waals surface area contributed by atoms with Gasteiger partial charge >= 0.3 is 0 Å². The van der Waals surface area contributed by atoms with Gasteiger partial charge in [0.05, 0.1) is 11.6 Å². The van der Waals surface area contributed by atoms with Crippen molar-refractivity contribution in [1.82, 2.24) is 15.3 Å². The van der Waals surface area contributed by atoms with E-state index in [1.807, 2.05) is 24.3 Å². The third kappa shape index (κ3) is 5.51. The first kappa shape index (κ1) is 18.8. The Morgan fingerprint density at radius 2 is 2.19 bits per heavy atom. The molecule has 0 saturated carbocycles. The summed E-state index contributed by atoms with van der Waals surface area (Å²) in [6.45, 7) is 2.28. The summed E-state index contributed by atoms with van der Waals surface area (Å²) < 4.78 is 5.98. The molecule has 140 valence electrons. The highest BCUT2D eigenvalue weighted by Gasteiger charge is 2.15. The molecule has 1 atom stereocenters. The largest absolute Gasteiger partial charge is 0.376 e. The molecule has 1 aliphatic rings. The first-order valence-electron chi connectivity index (χ1n) is 9.33. The minimum Gasteiger partial charge on any atom is -0.376 e. The molecule has 1 fully saturated rings. The molecule has 3 N–H and O–H groups in total. The average molecular weight is 375 g/mol. The maximum Gasteiger partial charge on any atom is 0.220 e. The highest BCUT2D eigenvalue weighted by molar-refractivity contribution is 7.71. The van der Waals surface area contributed by atoms with Crippen LogP contribution in [0.5, 0.6) is 0 Å². The molecule has 6 nitrogen and oxygen atoms in total. The van der Waals surface area contributed by atoms with Gasteiger partial charge < -0.3 is 20.4 Å². The van der Waals surface area contributed by atoms with Crippen LogP contribution >= 0.6 is 12.2 Å². The van der Waals surface area contributed by atoms with Crippen molar-refractivity contribution in [1.29, 1.82) is 0 Å². The highest BCUT2D eigenvalue weighted by Crippen LogP contribution is 2.19. The number of amides is 1. The molecule has 1 saturated heterocycles. The Balaban J connectivity index is 1.33. The van der Waals surface area contributed by atoms with Gasteiger partial charge in [-0.3, -0.25) is 4.79 Å². The van der Waals surface area contributed by atoms with Gasteiger partial charge in [0.1, 0.15) is 5.82 Å². The predicted molar refractivity (Wildman–Crippen MR) is 106 cm³/mol. The lowest BCUT2D eigenvalue weighted by Gasteiger charge is -2.11. The number of nitrogens with one attached hydrogen (secondary N) is 3. The Labute approximate surface area is 158 Å². The van der Waals surface area contributed by atoms with Gasteiger partial charge in [0.25, 0.3) is 0 Å². The molecule has 2 heterocycles. The number of nitrogens with zero attached hydrogens (tertiary/aromatic N) is 1. The van der Waals surface area contributed by atoms with Crippen molar-refractivity contribution in [3.8, 4) is 0 Å². The fraction of sp³-hybridized carbons (Fsp3) is 0.526. The number of H-pyrrole nitrogens is 1. The van der Waals surface area contributed by atoms with Crippen molar-refractivity contribution in [2.45, 2.75) is 44.6 Å². The number of para-hydroxylation sites is 1. The molecule has 7 heteroatoms. The third-order valence-corrected chi connectivity index (χ3v) is 4.75. The smallest absolute Gasteiger partial charge is 0.220 e. The van der Waals surface area contributed by atoms with E-state index in [9.17, 15) is 4.79 Å². The van der Waals surface area contributed by atoms with Crippen molar-refractivity contribution in [3.63, 3.8) is 0 Å². The lowest BCUT2D eigenvalue weighted by Crippen LogP contribution is -2.31. The number of carbonyl (C=O) groups is 1. The zero-order valence-electron chi connectivity index (χ0n) is 14.9. The average Bonchev–Trinajstić information content (AvgIpc) is 3.16. The van der Waals surface area contributed by atoms with E-state index in [-0.39, 0.29) is 12.0 Å². The number of aromatic nitrogens is 2. The zero-order chi connectivity index (χ0) is 18.2. The Morgan fingerprint density at radius 1 is 1.31 bits per heavy atom. The number of aromatic amines is 1. The number of hydrogen-bond acceptors (Lipinski definition) is 5. The minimum absolute atomic E-state index is 0.121. The normalized spacial score (nSPS) is 16.7. The van der Waals surface area contributed by atoms with Crippen molar-refractivity contribution in [2.24, 2.45) is 0 Å². The van der Waals surface area contributed by atoms with E-state index >= 15 is 0 Å². The number of rotatable bonds is 9. The summed E-state index contributed by atoms with van der Waals surface area (Å²) in [5.74, 6) is 0.939. The van der Waals surface area contributed by atoms with E-state index in [0.29, 0.717) is 17.7 Å². The first-order chi connectivity index (χ1) is 12.7. The van der Waals surface area contributed by atoms with Gasteiger partial charge in [0.15, 0.2) is 4.77 Å². The van der Waals surface area contributed by atoms with Crippen LogP contribution in [-0.4, -0.2) is 41.7 Å². The van der Waals surface area contributed by atoms with Crippen LogP contribution in [0.25, 0.3) is 10.9 Å². The molecule has 3 rings (SSSR count). The van der Waals surface area contributed by atoms with Crippen molar-refractivity contribution in [3.05, 3.63) is 29.0 Å². The molecular weight excluding hydrogens is 348 g/mol. The van der Waals surface area contributed by atoms with E-state index in [1.54, 1.807) is 0 Å². The molecule has 0 aliphatic carbocycles. The van der Waals surface area contributed by atoms with E-state index in [0.717, 1.165) is 62.0 Å². The van der Waals surface area contributed by atoms with Crippen molar-refractivity contribution < 1.29 is 9.53 Å². The van der Waals surface area contributed by atoms with E-state index in [2.05, 4.69) is 20.6 Å². The van der Waals surface area contributed by atoms with Gasteiger partial charge in [0, 0.05) is 31.5 Å². The van der Waals surface area contributed by atoms with Gasteiger partial charge in [-0.1, -0.05) is 18.6 Å². The van der Waals surface area contributed by atoms with Crippen LogP contribution in [0.2, 0.25) is 0 Å². The molecule has 0 spiro atoms. The Kier molecular flexibility index (Phi) is 6.96. The van der Waals surface area contributed by atoms with E-state index < -0.39 is 0 Å². The lowest BCUT2D eigenvalue weighted by molar-refractivity contribution is -0.121. The van der Waals surface area contributed by atoms with Crippen LogP contribution in [0.15, 0.2) is 24.3 Å². The SMILES string of the molecule is O=C(CCCCCNc1nc(=S)[nH]c2ccccc12)NC[C@H]1CCCO1. The fourth-order valence-corrected chi connectivity index (χ4v) is 3.36. The second kappa shape index (κ2) is 9.64. The number of benzene rings is 1. The Bertz CT molecular complexity index is 786. The van der Waals surface area contributed by atoms with Crippen LogP contribution in [-0.2, 0) is 9.53 Å². The molecule has 0 radical (unpaired) electrons. The number of ether oxygens (including phenoxy) is 1. The first-order valence-corrected chi connectivity index (χ1v) is 9.74. The number of anilines is 1. The molecule has 1 aromatic carbocycles.